The number of hydrogen-bond donors (Lipinski definition) is 0. The van der Waals surface area contributed by atoms with Crippen LogP contribution in [0.15, 0.2) is 66.3 Å². The highest BCUT2D eigenvalue weighted by atomic mass is 14.5. The zero-order valence-corrected chi connectivity index (χ0v) is 10.8. The van der Waals surface area contributed by atoms with Crippen molar-refractivity contribution in [2.24, 2.45) is 5.41 Å². The summed E-state index contributed by atoms with van der Waals surface area (Å²) in [5, 5.41) is 0. The van der Waals surface area contributed by atoms with Crippen molar-refractivity contribution in [2.45, 2.75) is 19.3 Å². The summed E-state index contributed by atoms with van der Waals surface area (Å²) in [6, 6.07) is 8.84. The van der Waals surface area contributed by atoms with Crippen molar-refractivity contribution in [1.82, 2.24) is 0 Å². The van der Waals surface area contributed by atoms with Crippen LogP contribution in [0.2, 0.25) is 0 Å². The Kier molecular flexibility index (Phi) is 1.66. The number of rotatable bonds is 0. The van der Waals surface area contributed by atoms with E-state index in [-0.39, 0.29) is 10.8 Å². The summed E-state index contributed by atoms with van der Waals surface area (Å²) in [7, 11) is 0. The van der Waals surface area contributed by atoms with E-state index in [9.17, 15) is 0 Å². The van der Waals surface area contributed by atoms with Crippen molar-refractivity contribution in [1.29, 1.82) is 0 Å². The fourth-order valence-corrected chi connectivity index (χ4v) is 3.48. The minimum absolute atomic E-state index is 0.0383. The van der Waals surface area contributed by atoms with Crippen LogP contribution in [0, 0.1) is 5.41 Å². The van der Waals surface area contributed by atoms with E-state index >= 15 is 0 Å². The summed E-state index contributed by atoms with van der Waals surface area (Å²) in [6.07, 6.45) is 14.0. The largest absolute Gasteiger partial charge is 0.0730 e. The Balaban J connectivity index is 2.25. The monoisotopic (exact) mass is 232 g/mol. The van der Waals surface area contributed by atoms with Gasteiger partial charge in [0.1, 0.15) is 0 Å². The molecule has 0 aliphatic heterocycles. The molecule has 0 nitrogen and oxygen atoms in total. The maximum Gasteiger partial charge on any atom is 0.0236 e. The third-order valence-electron chi connectivity index (χ3n) is 5.01. The standard InChI is InChI=1S/C18H16/c1-17-10-7-13-8-12-18(17,2)16-6-4-3-5-15(16)14(13)9-11-17/h3-12H,1-2H3/t17-,18+/m0/s1. The average Bonchev–Trinajstić information content (AvgIpc) is 2.72. The van der Waals surface area contributed by atoms with Crippen LogP contribution >= 0.6 is 0 Å². The minimum atomic E-state index is 0.0383. The van der Waals surface area contributed by atoms with Gasteiger partial charge in [0.15, 0.2) is 0 Å². The molecule has 1 aromatic rings. The molecule has 5 rings (SSSR count). The summed E-state index contributed by atoms with van der Waals surface area (Å²) >= 11 is 0. The number of hydrogen-bond acceptors (Lipinski definition) is 0. The summed E-state index contributed by atoms with van der Waals surface area (Å²) in [5.41, 5.74) is 5.63. The fourth-order valence-electron chi connectivity index (χ4n) is 3.48. The molecule has 0 saturated carbocycles. The second kappa shape index (κ2) is 2.95. The van der Waals surface area contributed by atoms with Gasteiger partial charge in [0.25, 0.3) is 0 Å². The van der Waals surface area contributed by atoms with Gasteiger partial charge >= 0.3 is 0 Å². The van der Waals surface area contributed by atoms with Crippen LogP contribution < -0.4 is 0 Å². The van der Waals surface area contributed by atoms with Crippen LogP contribution in [0.4, 0.5) is 0 Å². The van der Waals surface area contributed by atoms with Crippen LogP contribution in [0.3, 0.4) is 0 Å². The summed E-state index contributed by atoms with van der Waals surface area (Å²) in [4.78, 5) is 0. The van der Waals surface area contributed by atoms with Crippen molar-refractivity contribution in [3.63, 3.8) is 0 Å². The highest BCUT2D eigenvalue weighted by Crippen LogP contribution is 2.54. The van der Waals surface area contributed by atoms with E-state index in [1.165, 1.54) is 22.3 Å². The third kappa shape index (κ3) is 0.978. The molecule has 0 spiro atoms. The quantitative estimate of drug-likeness (QED) is 0.621. The summed E-state index contributed by atoms with van der Waals surface area (Å²) < 4.78 is 0. The van der Waals surface area contributed by atoms with Gasteiger partial charge in [0.05, 0.1) is 0 Å². The van der Waals surface area contributed by atoms with E-state index in [1.807, 2.05) is 0 Å². The topological polar surface area (TPSA) is 0 Å². The van der Waals surface area contributed by atoms with Gasteiger partial charge in [-0.3, -0.25) is 0 Å². The molecule has 0 saturated heterocycles. The van der Waals surface area contributed by atoms with Crippen molar-refractivity contribution in [2.75, 3.05) is 0 Å². The van der Waals surface area contributed by atoms with Gasteiger partial charge < -0.3 is 0 Å². The second-order valence-corrected chi connectivity index (χ2v) is 5.90. The SMILES string of the molecule is C[C@]12C=CC3=C(C=C1)c1ccccc1[C@@]2(C)C=C3. The van der Waals surface area contributed by atoms with E-state index in [0.717, 1.165) is 0 Å². The van der Waals surface area contributed by atoms with E-state index in [2.05, 4.69) is 74.6 Å². The van der Waals surface area contributed by atoms with Crippen LogP contribution in [0.25, 0.3) is 5.57 Å². The van der Waals surface area contributed by atoms with Crippen molar-refractivity contribution < 1.29 is 0 Å². The third-order valence-corrected chi connectivity index (χ3v) is 5.01. The maximum absolute atomic E-state index is 2.39. The average molecular weight is 232 g/mol. The molecule has 0 unspecified atom stereocenters. The molecule has 0 aromatic heterocycles. The molecule has 0 N–H and O–H groups in total. The normalized spacial score (nSPS) is 34.8. The van der Waals surface area contributed by atoms with Crippen LogP contribution in [0.1, 0.15) is 25.0 Å². The Morgan fingerprint density at radius 1 is 0.833 bits per heavy atom. The molecule has 1 aromatic carbocycles. The van der Waals surface area contributed by atoms with Crippen molar-refractivity contribution in [3.05, 3.63) is 77.4 Å². The summed E-state index contributed by atoms with van der Waals surface area (Å²) in [5.74, 6) is 0. The van der Waals surface area contributed by atoms with E-state index in [0.29, 0.717) is 0 Å². The molecule has 2 atom stereocenters. The molecule has 88 valence electrons. The van der Waals surface area contributed by atoms with Gasteiger partial charge in [-0.15, -0.1) is 0 Å². The molecule has 4 bridgehead atoms. The fraction of sp³-hybridized carbons (Fsp3) is 0.222. The lowest BCUT2D eigenvalue weighted by molar-refractivity contribution is 0.354. The highest BCUT2D eigenvalue weighted by molar-refractivity contribution is 5.86. The second-order valence-electron chi connectivity index (χ2n) is 5.90. The highest BCUT2D eigenvalue weighted by Gasteiger charge is 2.45. The van der Waals surface area contributed by atoms with E-state index in [4.69, 9.17) is 0 Å². The first-order chi connectivity index (χ1) is 8.64. The van der Waals surface area contributed by atoms with Crippen LogP contribution in [0.5, 0.6) is 0 Å². The van der Waals surface area contributed by atoms with Crippen LogP contribution in [-0.2, 0) is 5.41 Å². The molecular formula is C18H16. The number of benzene rings is 1. The van der Waals surface area contributed by atoms with Gasteiger partial charge in [0, 0.05) is 10.8 Å². The minimum Gasteiger partial charge on any atom is -0.0730 e. The lowest BCUT2D eigenvalue weighted by Crippen LogP contribution is -2.36. The Morgan fingerprint density at radius 2 is 1.56 bits per heavy atom. The number of allylic oxidation sites excluding steroid dienone is 8. The van der Waals surface area contributed by atoms with Crippen LogP contribution in [-0.4, -0.2) is 0 Å². The molecule has 18 heavy (non-hydrogen) atoms. The molecule has 0 heteroatoms. The molecule has 0 amide bonds. The predicted molar refractivity (Wildman–Crippen MR) is 76.2 cm³/mol. The maximum atomic E-state index is 2.39. The molecule has 4 aliphatic carbocycles. The first-order valence-corrected chi connectivity index (χ1v) is 6.56. The first kappa shape index (κ1) is 10.1. The smallest absolute Gasteiger partial charge is 0.0236 e. The molecule has 4 aliphatic rings. The lowest BCUT2D eigenvalue weighted by Gasteiger charge is -2.41. The Bertz CT molecular complexity index is 669. The van der Waals surface area contributed by atoms with E-state index in [1.54, 1.807) is 0 Å². The molecule has 0 radical (unpaired) electrons. The van der Waals surface area contributed by atoms with E-state index < -0.39 is 0 Å². The Labute approximate surface area is 108 Å². The van der Waals surface area contributed by atoms with Gasteiger partial charge in [0.2, 0.25) is 0 Å². The van der Waals surface area contributed by atoms with Gasteiger partial charge in [-0.25, -0.2) is 0 Å². The van der Waals surface area contributed by atoms with Crippen molar-refractivity contribution in [3.8, 4) is 0 Å². The Hall–Kier alpha value is -1.82. The Morgan fingerprint density at radius 3 is 2.44 bits per heavy atom. The van der Waals surface area contributed by atoms with Gasteiger partial charge in [-0.2, -0.15) is 0 Å². The first-order valence-electron chi connectivity index (χ1n) is 6.56. The zero-order valence-electron chi connectivity index (χ0n) is 10.8. The van der Waals surface area contributed by atoms with Crippen molar-refractivity contribution >= 4 is 5.57 Å². The molecule has 0 heterocycles. The zero-order chi connectivity index (χ0) is 12.4. The predicted octanol–water partition coefficient (Wildman–Crippen LogP) is 4.41. The van der Waals surface area contributed by atoms with Gasteiger partial charge in [-0.05, 0) is 22.3 Å². The summed E-state index contributed by atoms with van der Waals surface area (Å²) in [6.45, 7) is 4.69. The van der Waals surface area contributed by atoms with Gasteiger partial charge in [-0.1, -0.05) is 74.6 Å². The molecular weight excluding hydrogens is 216 g/mol. The lowest BCUT2D eigenvalue weighted by atomic mass is 9.62. The molecule has 0 fully saturated rings.